The lowest BCUT2D eigenvalue weighted by atomic mass is 10.0. The molecule has 1 aliphatic rings. The largest absolute Gasteiger partial charge is 0.480 e. The van der Waals surface area contributed by atoms with Crippen molar-refractivity contribution in [3.8, 4) is 0 Å². The van der Waals surface area contributed by atoms with Crippen molar-refractivity contribution in [1.82, 2.24) is 9.80 Å². The van der Waals surface area contributed by atoms with E-state index in [1.54, 1.807) is 29.2 Å². The number of hydrogen-bond donors (Lipinski definition) is 1. The number of benzene rings is 1. The average molecular weight is 391 g/mol. The van der Waals surface area contributed by atoms with Crippen LogP contribution in [0.15, 0.2) is 24.3 Å². The van der Waals surface area contributed by atoms with Gasteiger partial charge in [-0.3, -0.25) is 9.69 Å². The molecule has 1 atom stereocenters. The number of rotatable bonds is 3. The number of piperazine rings is 1. The molecule has 1 unspecified atom stereocenters. The van der Waals surface area contributed by atoms with Gasteiger partial charge in [-0.1, -0.05) is 23.7 Å². The Labute approximate surface area is 159 Å². The molecule has 0 radical (unpaired) electrons. The fourth-order valence-electron chi connectivity index (χ4n) is 2.64. The summed E-state index contributed by atoms with van der Waals surface area (Å²) in [5.74, 6) is -0.914. The maximum absolute atomic E-state index is 12.1. The van der Waals surface area contributed by atoms with Crippen LogP contribution in [0.2, 0.25) is 5.02 Å². The van der Waals surface area contributed by atoms with Crippen LogP contribution in [0, 0.1) is 0 Å². The molecule has 0 bridgehead atoms. The van der Waals surface area contributed by atoms with Gasteiger partial charge in [0.1, 0.15) is 11.6 Å². The highest BCUT2D eigenvalue weighted by Gasteiger charge is 2.32. The Kier molecular flexibility index (Phi) is 7.53. The van der Waals surface area contributed by atoms with Crippen molar-refractivity contribution >= 4 is 36.1 Å². The van der Waals surface area contributed by atoms with Crippen LogP contribution < -0.4 is 0 Å². The molecule has 25 heavy (non-hydrogen) atoms. The standard InChI is InChI=1S/C17H23ClN2O4.ClH/c1-17(2,3)24-16(23)20-10-8-19(9-11-20)14(15(21)22)12-4-6-13(18)7-5-12;/h4-7,14H,8-11H2,1-3H3,(H,21,22);1H. The minimum atomic E-state index is -0.914. The lowest BCUT2D eigenvalue weighted by Crippen LogP contribution is -2.51. The third kappa shape index (κ3) is 6.06. The molecule has 0 aliphatic carbocycles. The predicted octanol–water partition coefficient (Wildman–Crippen LogP) is 3.44. The summed E-state index contributed by atoms with van der Waals surface area (Å²) in [5, 5.41) is 10.2. The normalized spacial score (nSPS) is 16.7. The van der Waals surface area contributed by atoms with Gasteiger partial charge in [0.2, 0.25) is 0 Å². The second-order valence-electron chi connectivity index (χ2n) is 6.80. The Morgan fingerprint density at radius 3 is 2.08 bits per heavy atom. The van der Waals surface area contributed by atoms with Gasteiger partial charge in [-0.05, 0) is 38.5 Å². The first-order valence-electron chi connectivity index (χ1n) is 7.87. The summed E-state index contributed by atoms with van der Waals surface area (Å²) in [6, 6.07) is 6.07. The van der Waals surface area contributed by atoms with Crippen molar-refractivity contribution in [1.29, 1.82) is 0 Å². The zero-order valence-corrected chi connectivity index (χ0v) is 16.1. The van der Waals surface area contributed by atoms with Gasteiger partial charge in [0.15, 0.2) is 0 Å². The topological polar surface area (TPSA) is 70.1 Å². The van der Waals surface area contributed by atoms with E-state index in [2.05, 4.69) is 0 Å². The monoisotopic (exact) mass is 390 g/mol. The first-order valence-corrected chi connectivity index (χ1v) is 8.25. The fraction of sp³-hybridized carbons (Fsp3) is 0.529. The van der Waals surface area contributed by atoms with E-state index in [0.29, 0.717) is 36.8 Å². The summed E-state index contributed by atoms with van der Waals surface area (Å²) in [6.07, 6.45) is -0.361. The molecule has 2 rings (SSSR count). The number of amides is 1. The summed E-state index contributed by atoms with van der Waals surface area (Å²) >= 11 is 5.87. The zero-order valence-electron chi connectivity index (χ0n) is 14.6. The minimum Gasteiger partial charge on any atom is -0.480 e. The minimum absolute atomic E-state index is 0. The highest BCUT2D eigenvalue weighted by Crippen LogP contribution is 2.24. The van der Waals surface area contributed by atoms with Crippen LogP contribution in [0.5, 0.6) is 0 Å². The van der Waals surface area contributed by atoms with Crippen LogP contribution in [0.1, 0.15) is 32.4 Å². The van der Waals surface area contributed by atoms with Crippen molar-refractivity contribution < 1.29 is 19.4 Å². The molecule has 1 saturated heterocycles. The van der Waals surface area contributed by atoms with Crippen molar-refractivity contribution in [2.75, 3.05) is 26.2 Å². The molecule has 0 spiro atoms. The first-order chi connectivity index (χ1) is 11.2. The van der Waals surface area contributed by atoms with Crippen LogP contribution in [-0.2, 0) is 9.53 Å². The summed E-state index contributed by atoms with van der Waals surface area (Å²) in [7, 11) is 0. The Morgan fingerprint density at radius 1 is 1.12 bits per heavy atom. The number of ether oxygens (including phenoxy) is 1. The van der Waals surface area contributed by atoms with E-state index in [1.165, 1.54) is 0 Å². The molecule has 1 aromatic carbocycles. The summed E-state index contributed by atoms with van der Waals surface area (Å²) in [4.78, 5) is 27.3. The molecule has 1 aliphatic heterocycles. The number of carboxylic acids is 1. The maximum atomic E-state index is 12.1. The van der Waals surface area contributed by atoms with Gasteiger partial charge in [0, 0.05) is 31.2 Å². The third-order valence-corrected chi connectivity index (χ3v) is 4.00. The molecule has 0 aromatic heterocycles. The second kappa shape index (κ2) is 8.74. The van der Waals surface area contributed by atoms with E-state index < -0.39 is 17.6 Å². The van der Waals surface area contributed by atoms with Crippen molar-refractivity contribution in [2.24, 2.45) is 0 Å². The number of hydrogen-bond acceptors (Lipinski definition) is 4. The maximum Gasteiger partial charge on any atom is 0.410 e. The molecule has 140 valence electrons. The van der Waals surface area contributed by atoms with Gasteiger partial charge >= 0.3 is 12.1 Å². The van der Waals surface area contributed by atoms with Crippen LogP contribution in [-0.4, -0.2) is 58.7 Å². The van der Waals surface area contributed by atoms with Crippen LogP contribution in [0.25, 0.3) is 0 Å². The summed E-state index contributed by atoms with van der Waals surface area (Å²) in [6.45, 7) is 7.28. The fourth-order valence-corrected chi connectivity index (χ4v) is 2.77. The van der Waals surface area contributed by atoms with E-state index in [1.807, 2.05) is 25.7 Å². The molecule has 1 fully saturated rings. The SMILES string of the molecule is CC(C)(C)OC(=O)N1CCN(C(C(=O)O)c2ccc(Cl)cc2)CC1.Cl. The quantitative estimate of drug-likeness (QED) is 0.855. The second-order valence-corrected chi connectivity index (χ2v) is 7.23. The van der Waals surface area contributed by atoms with E-state index >= 15 is 0 Å². The molecular formula is C17H24Cl2N2O4. The van der Waals surface area contributed by atoms with Crippen LogP contribution >= 0.6 is 24.0 Å². The lowest BCUT2D eigenvalue weighted by Gasteiger charge is -2.38. The van der Waals surface area contributed by atoms with E-state index in [4.69, 9.17) is 16.3 Å². The summed E-state index contributed by atoms with van der Waals surface area (Å²) < 4.78 is 5.36. The first kappa shape index (κ1) is 21.5. The highest BCUT2D eigenvalue weighted by atomic mass is 35.5. The van der Waals surface area contributed by atoms with Gasteiger partial charge in [0.05, 0.1) is 0 Å². The molecule has 8 heteroatoms. The van der Waals surface area contributed by atoms with Gasteiger partial charge in [-0.15, -0.1) is 12.4 Å². The number of halogens is 2. The number of carboxylic acid groups (broad SMARTS) is 1. The van der Waals surface area contributed by atoms with Crippen molar-refractivity contribution in [3.63, 3.8) is 0 Å². The number of carbonyl (C=O) groups is 2. The molecular weight excluding hydrogens is 367 g/mol. The van der Waals surface area contributed by atoms with Crippen LogP contribution in [0.4, 0.5) is 4.79 Å². The average Bonchev–Trinajstić information content (AvgIpc) is 2.48. The Morgan fingerprint density at radius 2 is 1.64 bits per heavy atom. The number of nitrogens with zero attached hydrogens (tertiary/aromatic N) is 2. The smallest absolute Gasteiger partial charge is 0.410 e. The molecule has 1 heterocycles. The summed E-state index contributed by atoms with van der Waals surface area (Å²) in [5.41, 5.74) is 0.138. The van der Waals surface area contributed by atoms with E-state index in [9.17, 15) is 14.7 Å². The molecule has 6 nitrogen and oxygen atoms in total. The van der Waals surface area contributed by atoms with E-state index in [0.717, 1.165) is 0 Å². The van der Waals surface area contributed by atoms with E-state index in [-0.39, 0.29) is 18.5 Å². The number of aliphatic carboxylic acids is 1. The van der Waals surface area contributed by atoms with Gasteiger partial charge in [0.25, 0.3) is 0 Å². The number of carbonyl (C=O) groups excluding carboxylic acids is 1. The Bertz CT molecular complexity index is 594. The molecule has 1 N–H and O–H groups in total. The zero-order chi connectivity index (χ0) is 17.9. The van der Waals surface area contributed by atoms with Gasteiger partial charge in [-0.25, -0.2) is 4.79 Å². The van der Waals surface area contributed by atoms with Crippen molar-refractivity contribution in [2.45, 2.75) is 32.4 Å². The highest BCUT2D eigenvalue weighted by molar-refractivity contribution is 6.30. The Balaban J connectivity index is 0.00000312. The molecule has 0 saturated carbocycles. The van der Waals surface area contributed by atoms with Gasteiger partial charge < -0.3 is 14.7 Å². The molecule has 1 aromatic rings. The van der Waals surface area contributed by atoms with Crippen LogP contribution in [0.3, 0.4) is 0 Å². The van der Waals surface area contributed by atoms with Crippen molar-refractivity contribution in [3.05, 3.63) is 34.9 Å². The predicted molar refractivity (Wildman–Crippen MR) is 98.5 cm³/mol. The molecule has 1 amide bonds. The Hall–Kier alpha value is -1.50. The lowest BCUT2D eigenvalue weighted by molar-refractivity contribution is -0.144. The van der Waals surface area contributed by atoms with Gasteiger partial charge in [-0.2, -0.15) is 0 Å². The third-order valence-electron chi connectivity index (χ3n) is 3.75.